The lowest BCUT2D eigenvalue weighted by molar-refractivity contribution is -0.160. The fraction of sp³-hybridized carbons (Fsp3) is 0.609. The third-order valence-corrected chi connectivity index (χ3v) is 7.32. The van der Waals surface area contributed by atoms with E-state index in [9.17, 15) is 9.59 Å². The highest BCUT2D eigenvalue weighted by Crippen LogP contribution is 2.55. The Morgan fingerprint density at radius 1 is 1.13 bits per heavy atom. The standard InChI is InChI=1S/C23H29N5O3/c1-15(21(29)25-23-11-17-7-18(12-23)9-19(8-17)13-23)31-22(30)20(28-14-24-26-27-28)10-16-5-3-2-4-6-16/h2-6,14-15,17-20H,7-13H2,1H3,(H,25,29)/t15-,17?,18?,19?,20-,23?/m0/s1. The van der Waals surface area contributed by atoms with E-state index in [0.29, 0.717) is 6.42 Å². The van der Waals surface area contributed by atoms with Gasteiger partial charge >= 0.3 is 5.97 Å². The Bertz CT molecular complexity index is 895. The van der Waals surface area contributed by atoms with Crippen molar-refractivity contribution < 1.29 is 14.3 Å². The molecule has 4 saturated carbocycles. The van der Waals surface area contributed by atoms with Gasteiger partial charge in [0.1, 0.15) is 6.33 Å². The van der Waals surface area contributed by atoms with Gasteiger partial charge < -0.3 is 10.1 Å². The van der Waals surface area contributed by atoms with Crippen molar-refractivity contribution in [2.45, 2.75) is 69.6 Å². The number of nitrogens with zero attached hydrogens (tertiary/aromatic N) is 4. The summed E-state index contributed by atoms with van der Waals surface area (Å²) in [6, 6.07) is 8.90. The number of aromatic nitrogens is 4. The number of tetrazole rings is 1. The Balaban J connectivity index is 1.24. The molecule has 1 aromatic heterocycles. The molecule has 2 atom stereocenters. The molecule has 1 amide bonds. The van der Waals surface area contributed by atoms with Crippen LogP contribution in [0.5, 0.6) is 0 Å². The quantitative estimate of drug-likeness (QED) is 0.687. The van der Waals surface area contributed by atoms with Gasteiger partial charge in [-0.25, -0.2) is 9.48 Å². The molecule has 0 saturated heterocycles. The zero-order valence-corrected chi connectivity index (χ0v) is 17.8. The first kappa shape index (κ1) is 20.2. The highest BCUT2D eigenvalue weighted by molar-refractivity contribution is 5.85. The number of nitrogens with one attached hydrogen (secondary N) is 1. The van der Waals surface area contributed by atoms with E-state index in [1.165, 1.54) is 30.3 Å². The first-order valence-corrected chi connectivity index (χ1v) is 11.3. The Morgan fingerprint density at radius 2 is 1.77 bits per heavy atom. The van der Waals surface area contributed by atoms with Crippen molar-refractivity contribution in [3.05, 3.63) is 42.2 Å². The van der Waals surface area contributed by atoms with Gasteiger partial charge in [0.2, 0.25) is 0 Å². The number of hydrogen-bond donors (Lipinski definition) is 1. The van der Waals surface area contributed by atoms with Crippen molar-refractivity contribution in [1.29, 1.82) is 0 Å². The third kappa shape index (κ3) is 4.20. The molecule has 4 aliphatic rings. The molecule has 0 unspecified atom stereocenters. The van der Waals surface area contributed by atoms with Gasteiger partial charge in [0.05, 0.1) is 0 Å². The monoisotopic (exact) mass is 423 g/mol. The maximum absolute atomic E-state index is 13.0. The van der Waals surface area contributed by atoms with Crippen molar-refractivity contribution in [2.24, 2.45) is 17.8 Å². The molecular formula is C23H29N5O3. The highest BCUT2D eigenvalue weighted by atomic mass is 16.5. The van der Waals surface area contributed by atoms with Crippen LogP contribution in [0.15, 0.2) is 36.7 Å². The van der Waals surface area contributed by atoms with Crippen molar-refractivity contribution >= 4 is 11.9 Å². The fourth-order valence-electron chi connectivity index (χ4n) is 6.37. The molecule has 8 heteroatoms. The molecule has 2 aromatic rings. The van der Waals surface area contributed by atoms with Gasteiger partial charge in [-0.15, -0.1) is 5.10 Å². The zero-order chi connectivity index (χ0) is 21.4. The van der Waals surface area contributed by atoms with Crippen LogP contribution in [0.3, 0.4) is 0 Å². The van der Waals surface area contributed by atoms with E-state index < -0.39 is 18.1 Å². The molecule has 164 valence electrons. The first-order valence-electron chi connectivity index (χ1n) is 11.3. The lowest BCUT2D eigenvalue weighted by atomic mass is 9.53. The SMILES string of the molecule is C[C@H](OC(=O)[C@H](Cc1ccccc1)n1cnnn1)C(=O)NC12CC3CC(CC(C3)C1)C2. The second kappa shape index (κ2) is 8.05. The van der Waals surface area contributed by atoms with Crippen molar-refractivity contribution in [3.8, 4) is 0 Å². The van der Waals surface area contributed by atoms with Crippen LogP contribution in [0.2, 0.25) is 0 Å². The van der Waals surface area contributed by atoms with Crippen LogP contribution in [0.4, 0.5) is 0 Å². The van der Waals surface area contributed by atoms with Gasteiger partial charge in [-0.2, -0.15) is 0 Å². The summed E-state index contributed by atoms with van der Waals surface area (Å²) < 4.78 is 7.00. The number of rotatable bonds is 7. The van der Waals surface area contributed by atoms with E-state index in [2.05, 4.69) is 20.8 Å². The van der Waals surface area contributed by atoms with E-state index >= 15 is 0 Å². The first-order chi connectivity index (χ1) is 15.0. The minimum Gasteiger partial charge on any atom is -0.451 e. The second-order valence-corrected chi connectivity index (χ2v) is 9.76. The largest absolute Gasteiger partial charge is 0.451 e. The lowest BCUT2D eigenvalue weighted by Gasteiger charge is -2.57. The minimum atomic E-state index is -0.866. The summed E-state index contributed by atoms with van der Waals surface area (Å²) >= 11 is 0. The van der Waals surface area contributed by atoms with Crippen LogP contribution in [-0.2, 0) is 20.7 Å². The summed E-state index contributed by atoms with van der Waals surface area (Å²) in [5, 5.41) is 14.5. The minimum absolute atomic E-state index is 0.105. The van der Waals surface area contributed by atoms with Crippen LogP contribution >= 0.6 is 0 Å². The average Bonchev–Trinajstić information content (AvgIpc) is 3.25. The van der Waals surface area contributed by atoms with Crippen LogP contribution in [0.1, 0.15) is 57.1 Å². The maximum atomic E-state index is 13.0. The summed E-state index contributed by atoms with van der Waals surface area (Å²) in [5.74, 6) is 1.49. The summed E-state index contributed by atoms with van der Waals surface area (Å²) in [6.45, 7) is 1.65. The molecule has 8 nitrogen and oxygen atoms in total. The molecule has 1 heterocycles. The van der Waals surface area contributed by atoms with Gasteiger partial charge in [-0.05, 0) is 79.2 Å². The van der Waals surface area contributed by atoms with E-state index in [0.717, 1.165) is 42.6 Å². The molecule has 0 aliphatic heterocycles. The van der Waals surface area contributed by atoms with Crippen LogP contribution in [0.25, 0.3) is 0 Å². The predicted molar refractivity (Wildman–Crippen MR) is 112 cm³/mol. The average molecular weight is 424 g/mol. The second-order valence-electron chi connectivity index (χ2n) is 9.76. The maximum Gasteiger partial charge on any atom is 0.332 e. The highest BCUT2D eigenvalue weighted by Gasteiger charge is 2.51. The zero-order valence-electron chi connectivity index (χ0n) is 17.8. The van der Waals surface area contributed by atoms with Gasteiger partial charge in [-0.3, -0.25) is 4.79 Å². The van der Waals surface area contributed by atoms with Crippen LogP contribution in [-0.4, -0.2) is 43.7 Å². The Labute approximate surface area is 181 Å². The molecule has 0 radical (unpaired) electrons. The van der Waals surface area contributed by atoms with Crippen LogP contribution in [0, 0.1) is 17.8 Å². The van der Waals surface area contributed by atoms with Gasteiger partial charge in [-0.1, -0.05) is 30.3 Å². The van der Waals surface area contributed by atoms with Crippen molar-refractivity contribution in [1.82, 2.24) is 25.5 Å². The molecule has 6 rings (SSSR count). The van der Waals surface area contributed by atoms with Gasteiger partial charge in [0, 0.05) is 12.0 Å². The fourth-order valence-corrected chi connectivity index (χ4v) is 6.37. The molecule has 0 spiro atoms. The van der Waals surface area contributed by atoms with E-state index in [1.807, 2.05) is 30.3 Å². The van der Waals surface area contributed by atoms with E-state index in [-0.39, 0.29) is 11.4 Å². The van der Waals surface area contributed by atoms with Gasteiger partial charge in [0.15, 0.2) is 12.1 Å². The molecule has 1 aromatic carbocycles. The number of amides is 1. The molecule has 4 fully saturated rings. The van der Waals surface area contributed by atoms with E-state index in [1.54, 1.807) is 6.92 Å². The topological polar surface area (TPSA) is 99.0 Å². The molecule has 1 N–H and O–H groups in total. The number of hydrogen-bond acceptors (Lipinski definition) is 6. The number of benzene rings is 1. The normalized spacial score (nSPS) is 30.5. The van der Waals surface area contributed by atoms with Gasteiger partial charge in [0.25, 0.3) is 5.91 Å². The lowest BCUT2D eigenvalue weighted by Crippen LogP contribution is -2.61. The Morgan fingerprint density at radius 3 is 2.35 bits per heavy atom. The van der Waals surface area contributed by atoms with E-state index in [4.69, 9.17) is 4.74 Å². The summed E-state index contributed by atoms with van der Waals surface area (Å²) in [4.78, 5) is 26.0. The smallest absolute Gasteiger partial charge is 0.332 e. The predicted octanol–water partition coefficient (Wildman–Crippen LogP) is 2.47. The Kier molecular flexibility index (Phi) is 5.24. The van der Waals surface area contributed by atoms with Crippen molar-refractivity contribution in [3.63, 3.8) is 0 Å². The molecular weight excluding hydrogens is 394 g/mol. The number of carbonyl (C=O) groups is 2. The number of esters is 1. The Hall–Kier alpha value is -2.77. The molecule has 4 bridgehead atoms. The summed E-state index contributed by atoms with van der Waals surface area (Å²) in [6.07, 6.45) is 8.04. The van der Waals surface area contributed by atoms with Crippen molar-refractivity contribution in [2.75, 3.05) is 0 Å². The third-order valence-electron chi connectivity index (χ3n) is 7.32. The number of carbonyl (C=O) groups excluding carboxylic acids is 2. The molecule has 31 heavy (non-hydrogen) atoms. The van der Waals surface area contributed by atoms with Crippen LogP contribution < -0.4 is 5.32 Å². The summed E-state index contributed by atoms with van der Waals surface area (Å²) in [7, 11) is 0. The summed E-state index contributed by atoms with van der Waals surface area (Å²) in [5.41, 5.74) is 0.858. The molecule has 4 aliphatic carbocycles. The number of ether oxygens (including phenoxy) is 1.